The van der Waals surface area contributed by atoms with Gasteiger partial charge in [0, 0.05) is 6.04 Å². The third kappa shape index (κ3) is 3.46. The van der Waals surface area contributed by atoms with Gasteiger partial charge in [0.1, 0.15) is 0 Å². The van der Waals surface area contributed by atoms with Crippen LogP contribution in [-0.4, -0.2) is 0 Å². The molecular formula is C10H18N2S. The van der Waals surface area contributed by atoms with Gasteiger partial charge in [0.05, 0.1) is 0 Å². The first-order valence-electron chi connectivity index (χ1n) is 4.51. The Labute approximate surface area is 84.1 Å². The van der Waals surface area contributed by atoms with Gasteiger partial charge in [0.2, 0.25) is 0 Å². The van der Waals surface area contributed by atoms with Gasteiger partial charge in [0.15, 0.2) is 0 Å². The quantitative estimate of drug-likeness (QED) is 0.579. The molecule has 3 N–H and O–H groups in total. The van der Waals surface area contributed by atoms with Crippen LogP contribution in [0.4, 0.5) is 0 Å². The van der Waals surface area contributed by atoms with Crippen LogP contribution in [0.5, 0.6) is 0 Å². The fourth-order valence-corrected chi connectivity index (χ4v) is 2.07. The summed E-state index contributed by atoms with van der Waals surface area (Å²) in [5.74, 6) is 5.53. The molecule has 0 saturated carbocycles. The van der Waals surface area contributed by atoms with Gasteiger partial charge in [-0.1, -0.05) is 20.8 Å². The van der Waals surface area contributed by atoms with Crippen molar-refractivity contribution in [3.05, 3.63) is 22.4 Å². The third-order valence-electron chi connectivity index (χ3n) is 1.96. The highest BCUT2D eigenvalue weighted by atomic mass is 32.1. The number of thiophene rings is 1. The van der Waals surface area contributed by atoms with Crippen molar-refractivity contribution in [3.63, 3.8) is 0 Å². The lowest BCUT2D eigenvalue weighted by Crippen LogP contribution is -2.30. The molecule has 0 radical (unpaired) electrons. The van der Waals surface area contributed by atoms with Crippen LogP contribution in [0.15, 0.2) is 16.8 Å². The van der Waals surface area contributed by atoms with Crippen LogP contribution in [-0.2, 0) is 0 Å². The van der Waals surface area contributed by atoms with E-state index >= 15 is 0 Å². The van der Waals surface area contributed by atoms with Crippen LogP contribution in [0.25, 0.3) is 0 Å². The SMILES string of the molecule is CC(C)(C)CC(NN)c1ccsc1. The summed E-state index contributed by atoms with van der Waals surface area (Å²) in [4.78, 5) is 0. The predicted molar refractivity (Wildman–Crippen MR) is 58.5 cm³/mol. The zero-order valence-corrected chi connectivity index (χ0v) is 9.32. The number of nitrogens with one attached hydrogen (secondary N) is 1. The predicted octanol–water partition coefficient (Wildman–Crippen LogP) is 2.69. The van der Waals surface area contributed by atoms with E-state index in [0.717, 1.165) is 6.42 Å². The van der Waals surface area contributed by atoms with Crippen LogP contribution in [0.3, 0.4) is 0 Å². The van der Waals surface area contributed by atoms with Crippen molar-refractivity contribution in [2.24, 2.45) is 11.3 Å². The van der Waals surface area contributed by atoms with Gasteiger partial charge < -0.3 is 0 Å². The van der Waals surface area contributed by atoms with Crippen molar-refractivity contribution in [3.8, 4) is 0 Å². The first-order chi connectivity index (χ1) is 6.03. The van der Waals surface area contributed by atoms with E-state index in [4.69, 9.17) is 5.84 Å². The second kappa shape index (κ2) is 4.22. The Morgan fingerprint density at radius 1 is 1.54 bits per heavy atom. The molecule has 3 heteroatoms. The number of hydrogen-bond donors (Lipinski definition) is 2. The van der Waals surface area contributed by atoms with E-state index in [1.165, 1.54) is 5.56 Å². The highest BCUT2D eigenvalue weighted by molar-refractivity contribution is 7.07. The highest BCUT2D eigenvalue weighted by Crippen LogP contribution is 2.29. The molecule has 1 rings (SSSR count). The summed E-state index contributed by atoms with van der Waals surface area (Å²) >= 11 is 1.71. The van der Waals surface area contributed by atoms with E-state index in [-0.39, 0.29) is 6.04 Å². The van der Waals surface area contributed by atoms with E-state index in [2.05, 4.69) is 43.0 Å². The monoisotopic (exact) mass is 198 g/mol. The van der Waals surface area contributed by atoms with Gasteiger partial charge in [-0.3, -0.25) is 11.3 Å². The summed E-state index contributed by atoms with van der Waals surface area (Å²) in [5.41, 5.74) is 4.47. The molecule has 1 aromatic rings. The minimum atomic E-state index is 0.284. The van der Waals surface area contributed by atoms with Crippen molar-refractivity contribution < 1.29 is 0 Å². The lowest BCUT2D eigenvalue weighted by Gasteiger charge is -2.24. The molecule has 2 nitrogen and oxygen atoms in total. The lowest BCUT2D eigenvalue weighted by atomic mass is 9.86. The number of nitrogens with two attached hydrogens (primary N) is 1. The van der Waals surface area contributed by atoms with Crippen molar-refractivity contribution in [1.82, 2.24) is 5.43 Å². The molecule has 0 amide bonds. The third-order valence-corrected chi connectivity index (χ3v) is 2.66. The maximum absolute atomic E-state index is 5.53. The summed E-state index contributed by atoms with van der Waals surface area (Å²) in [6.07, 6.45) is 1.06. The van der Waals surface area contributed by atoms with Crippen LogP contribution in [0, 0.1) is 5.41 Å². The molecule has 0 saturated heterocycles. The Morgan fingerprint density at radius 3 is 2.62 bits per heavy atom. The van der Waals surface area contributed by atoms with Crippen molar-refractivity contribution in [2.45, 2.75) is 33.2 Å². The van der Waals surface area contributed by atoms with Gasteiger partial charge in [-0.15, -0.1) is 0 Å². The Balaban J connectivity index is 2.64. The molecule has 1 aromatic heterocycles. The molecule has 0 bridgehead atoms. The van der Waals surface area contributed by atoms with Gasteiger partial charge in [-0.05, 0) is 34.2 Å². The minimum Gasteiger partial charge on any atom is -0.271 e. The number of rotatable bonds is 3. The molecule has 0 aliphatic carbocycles. The average molecular weight is 198 g/mol. The molecule has 1 unspecified atom stereocenters. The minimum absolute atomic E-state index is 0.284. The fraction of sp³-hybridized carbons (Fsp3) is 0.600. The molecule has 74 valence electrons. The smallest absolute Gasteiger partial charge is 0.0473 e. The first kappa shape index (κ1) is 10.7. The standard InChI is InChI=1S/C10H18N2S/c1-10(2,3)6-9(12-11)8-4-5-13-7-8/h4-5,7,9,12H,6,11H2,1-3H3. The summed E-state index contributed by atoms with van der Waals surface area (Å²) < 4.78 is 0. The Bertz CT molecular complexity index is 236. The van der Waals surface area contributed by atoms with E-state index < -0.39 is 0 Å². The van der Waals surface area contributed by atoms with Crippen LogP contribution in [0.2, 0.25) is 0 Å². The molecule has 1 heterocycles. The average Bonchev–Trinajstić information content (AvgIpc) is 2.50. The second-order valence-corrected chi connectivity index (χ2v) is 5.32. The molecule has 0 aromatic carbocycles. The van der Waals surface area contributed by atoms with Gasteiger partial charge in [-0.2, -0.15) is 11.3 Å². The molecule has 1 atom stereocenters. The van der Waals surface area contributed by atoms with Gasteiger partial charge in [0.25, 0.3) is 0 Å². The van der Waals surface area contributed by atoms with Crippen LogP contribution >= 0.6 is 11.3 Å². The van der Waals surface area contributed by atoms with Crippen LogP contribution in [0.1, 0.15) is 38.8 Å². The summed E-state index contributed by atoms with van der Waals surface area (Å²) in [7, 11) is 0. The number of hydrazine groups is 1. The topological polar surface area (TPSA) is 38.0 Å². The largest absolute Gasteiger partial charge is 0.271 e. The van der Waals surface area contributed by atoms with Crippen molar-refractivity contribution in [1.29, 1.82) is 0 Å². The first-order valence-corrected chi connectivity index (χ1v) is 5.45. The Kier molecular flexibility index (Phi) is 3.47. The maximum Gasteiger partial charge on any atom is 0.0473 e. The van der Waals surface area contributed by atoms with Gasteiger partial charge >= 0.3 is 0 Å². The molecule has 0 aliphatic heterocycles. The molecular weight excluding hydrogens is 180 g/mol. The maximum atomic E-state index is 5.53. The van der Waals surface area contributed by atoms with Crippen molar-refractivity contribution >= 4 is 11.3 Å². The Morgan fingerprint density at radius 2 is 2.23 bits per heavy atom. The normalized spacial score (nSPS) is 14.5. The summed E-state index contributed by atoms with van der Waals surface area (Å²) in [5, 5.41) is 4.23. The molecule has 0 spiro atoms. The summed E-state index contributed by atoms with van der Waals surface area (Å²) in [6.45, 7) is 6.68. The van der Waals surface area contributed by atoms with E-state index in [9.17, 15) is 0 Å². The molecule has 0 fully saturated rings. The number of hydrogen-bond acceptors (Lipinski definition) is 3. The lowest BCUT2D eigenvalue weighted by molar-refractivity contribution is 0.314. The van der Waals surface area contributed by atoms with Crippen molar-refractivity contribution in [2.75, 3.05) is 0 Å². The molecule has 0 aliphatic rings. The zero-order valence-electron chi connectivity index (χ0n) is 8.50. The zero-order chi connectivity index (χ0) is 9.90. The second-order valence-electron chi connectivity index (χ2n) is 4.54. The Hall–Kier alpha value is -0.380. The summed E-state index contributed by atoms with van der Waals surface area (Å²) in [6, 6.07) is 2.41. The van der Waals surface area contributed by atoms with E-state index in [1.807, 2.05) is 0 Å². The molecule has 13 heavy (non-hydrogen) atoms. The van der Waals surface area contributed by atoms with E-state index in [0.29, 0.717) is 5.41 Å². The van der Waals surface area contributed by atoms with Crippen LogP contribution < -0.4 is 11.3 Å². The highest BCUT2D eigenvalue weighted by Gasteiger charge is 2.19. The van der Waals surface area contributed by atoms with Gasteiger partial charge in [-0.25, -0.2) is 0 Å². The van der Waals surface area contributed by atoms with E-state index in [1.54, 1.807) is 11.3 Å². The fourth-order valence-electron chi connectivity index (χ4n) is 1.36.